The molecule has 0 heterocycles. The van der Waals surface area contributed by atoms with Crippen LogP contribution in [0, 0.1) is 0 Å². The number of carboxylic acid groups (broad SMARTS) is 1. The van der Waals surface area contributed by atoms with Crippen LogP contribution in [-0.4, -0.2) is 49.4 Å². The summed E-state index contributed by atoms with van der Waals surface area (Å²) in [7, 11) is 2.94. The summed E-state index contributed by atoms with van der Waals surface area (Å²) in [6.07, 6.45) is 2.21. The second kappa shape index (κ2) is 9.04. The number of para-hydroxylation sites is 1. The smallest absolute Gasteiger partial charge is 0.326 e. The minimum atomic E-state index is -1.07. The molecule has 0 spiro atoms. The Morgan fingerprint density at radius 3 is 2.32 bits per heavy atom. The van der Waals surface area contributed by atoms with Crippen LogP contribution in [-0.2, 0) is 4.79 Å². The van der Waals surface area contributed by atoms with E-state index in [9.17, 15) is 9.59 Å². The molecule has 22 heavy (non-hydrogen) atoms. The van der Waals surface area contributed by atoms with Gasteiger partial charge in [-0.05, 0) is 30.6 Å². The number of hydrogen-bond donors (Lipinski definition) is 3. The highest BCUT2D eigenvalue weighted by molar-refractivity contribution is 7.98. The van der Waals surface area contributed by atoms with Gasteiger partial charge in [0.05, 0.1) is 14.2 Å². The van der Waals surface area contributed by atoms with Crippen LogP contribution in [0.2, 0.25) is 0 Å². The van der Waals surface area contributed by atoms with Crippen LogP contribution < -0.4 is 20.1 Å². The molecule has 1 rings (SSSR count). The summed E-state index contributed by atoms with van der Waals surface area (Å²) in [5, 5.41) is 14.1. The normalized spacial score (nSPS) is 11.4. The van der Waals surface area contributed by atoms with Crippen molar-refractivity contribution >= 4 is 29.4 Å². The topological polar surface area (TPSA) is 96.9 Å². The van der Waals surface area contributed by atoms with Crippen LogP contribution in [0.3, 0.4) is 0 Å². The van der Waals surface area contributed by atoms with Gasteiger partial charge in [0.25, 0.3) is 0 Å². The molecule has 0 aliphatic carbocycles. The van der Waals surface area contributed by atoms with Crippen molar-refractivity contribution < 1.29 is 24.2 Å². The fourth-order valence-corrected chi connectivity index (χ4v) is 2.25. The lowest BCUT2D eigenvalue weighted by molar-refractivity contribution is -0.139. The fourth-order valence-electron chi connectivity index (χ4n) is 1.78. The first kappa shape index (κ1) is 18.0. The summed E-state index contributed by atoms with van der Waals surface area (Å²) in [6, 6.07) is 3.48. The number of nitrogens with one attached hydrogen (secondary N) is 2. The van der Waals surface area contributed by atoms with E-state index in [1.54, 1.807) is 18.2 Å². The van der Waals surface area contributed by atoms with Crippen LogP contribution in [0.5, 0.6) is 11.5 Å². The van der Waals surface area contributed by atoms with Crippen LogP contribution in [0.25, 0.3) is 0 Å². The van der Waals surface area contributed by atoms with Gasteiger partial charge in [0.2, 0.25) is 0 Å². The van der Waals surface area contributed by atoms with E-state index in [2.05, 4.69) is 10.6 Å². The van der Waals surface area contributed by atoms with E-state index in [4.69, 9.17) is 14.6 Å². The predicted octanol–water partition coefficient (Wildman–Crippen LogP) is 2.03. The van der Waals surface area contributed by atoms with Crippen molar-refractivity contribution in [2.24, 2.45) is 0 Å². The number of hydrogen-bond acceptors (Lipinski definition) is 5. The third kappa shape index (κ3) is 5.03. The van der Waals surface area contributed by atoms with E-state index in [0.29, 0.717) is 29.4 Å². The third-order valence-corrected chi connectivity index (χ3v) is 3.52. The molecule has 1 atom stereocenters. The Morgan fingerprint density at radius 2 is 1.86 bits per heavy atom. The SMILES string of the molecule is COc1cccc(OC)c1NC(=O)NC(CCSC)C(=O)O. The first-order chi connectivity index (χ1) is 10.5. The van der Waals surface area contributed by atoms with Crippen molar-refractivity contribution in [1.82, 2.24) is 5.32 Å². The average molecular weight is 328 g/mol. The molecule has 0 aromatic heterocycles. The van der Waals surface area contributed by atoms with Crippen molar-refractivity contribution in [3.63, 3.8) is 0 Å². The standard InChI is InChI=1S/C14H20N2O5S/c1-20-10-5-4-6-11(21-2)12(10)16-14(19)15-9(13(17)18)7-8-22-3/h4-6,9H,7-8H2,1-3H3,(H,17,18)(H2,15,16,19). The number of methoxy groups -OCH3 is 2. The van der Waals surface area contributed by atoms with Gasteiger partial charge >= 0.3 is 12.0 Å². The van der Waals surface area contributed by atoms with Gasteiger partial charge in [-0.1, -0.05) is 6.07 Å². The van der Waals surface area contributed by atoms with Gasteiger partial charge in [0.15, 0.2) is 0 Å². The number of benzene rings is 1. The molecule has 0 bridgehead atoms. The number of anilines is 1. The van der Waals surface area contributed by atoms with E-state index in [0.717, 1.165) is 0 Å². The summed E-state index contributed by atoms with van der Waals surface area (Å²) in [5.74, 6) is 0.405. The Labute approximate surface area is 133 Å². The van der Waals surface area contributed by atoms with Gasteiger partial charge in [0, 0.05) is 0 Å². The van der Waals surface area contributed by atoms with Gasteiger partial charge in [-0.2, -0.15) is 11.8 Å². The number of urea groups is 1. The van der Waals surface area contributed by atoms with Gasteiger partial charge < -0.3 is 25.2 Å². The predicted molar refractivity (Wildman–Crippen MR) is 86.1 cm³/mol. The van der Waals surface area contributed by atoms with Gasteiger partial charge in [-0.15, -0.1) is 0 Å². The molecule has 1 unspecified atom stereocenters. The Kier molecular flexibility index (Phi) is 7.38. The number of rotatable bonds is 8. The molecule has 0 fully saturated rings. The van der Waals surface area contributed by atoms with E-state index >= 15 is 0 Å². The lowest BCUT2D eigenvalue weighted by Crippen LogP contribution is -2.43. The molecule has 7 nitrogen and oxygen atoms in total. The van der Waals surface area contributed by atoms with Crippen molar-refractivity contribution in [1.29, 1.82) is 0 Å². The van der Waals surface area contributed by atoms with Gasteiger partial charge in [0.1, 0.15) is 23.2 Å². The largest absolute Gasteiger partial charge is 0.494 e. The number of carboxylic acids is 1. The second-order valence-corrected chi connectivity index (χ2v) is 5.29. The number of carbonyl (C=O) groups is 2. The Bertz CT molecular complexity index is 502. The van der Waals surface area contributed by atoms with Gasteiger partial charge in [-0.3, -0.25) is 0 Å². The minimum absolute atomic E-state index is 0.340. The highest BCUT2D eigenvalue weighted by atomic mass is 32.2. The zero-order valence-electron chi connectivity index (χ0n) is 12.7. The summed E-state index contributed by atoms with van der Waals surface area (Å²) in [4.78, 5) is 23.2. The van der Waals surface area contributed by atoms with Crippen LogP contribution in [0.1, 0.15) is 6.42 Å². The molecule has 0 saturated heterocycles. The maximum absolute atomic E-state index is 12.0. The van der Waals surface area contributed by atoms with Crippen molar-refractivity contribution in [3.8, 4) is 11.5 Å². The molecular weight excluding hydrogens is 308 g/mol. The minimum Gasteiger partial charge on any atom is -0.494 e. The fraction of sp³-hybridized carbons (Fsp3) is 0.429. The zero-order valence-corrected chi connectivity index (χ0v) is 13.5. The summed E-state index contributed by atoms with van der Waals surface area (Å²) >= 11 is 1.52. The molecule has 8 heteroatoms. The molecule has 3 N–H and O–H groups in total. The second-order valence-electron chi connectivity index (χ2n) is 4.31. The van der Waals surface area contributed by atoms with E-state index < -0.39 is 18.0 Å². The highest BCUT2D eigenvalue weighted by Gasteiger charge is 2.21. The average Bonchev–Trinajstić information content (AvgIpc) is 2.51. The van der Waals surface area contributed by atoms with E-state index in [1.165, 1.54) is 26.0 Å². The molecule has 0 aliphatic heterocycles. The molecule has 2 amide bonds. The first-order valence-corrected chi connectivity index (χ1v) is 7.93. The van der Waals surface area contributed by atoms with Crippen LogP contribution >= 0.6 is 11.8 Å². The summed E-state index contributed by atoms with van der Waals surface area (Å²) in [6.45, 7) is 0. The highest BCUT2D eigenvalue weighted by Crippen LogP contribution is 2.33. The molecule has 0 radical (unpaired) electrons. The summed E-state index contributed by atoms with van der Waals surface area (Å²) < 4.78 is 10.3. The van der Waals surface area contributed by atoms with Crippen molar-refractivity contribution in [2.45, 2.75) is 12.5 Å². The van der Waals surface area contributed by atoms with E-state index in [-0.39, 0.29) is 0 Å². The number of amides is 2. The number of aliphatic carboxylic acids is 1. The maximum atomic E-state index is 12.0. The van der Waals surface area contributed by atoms with Crippen molar-refractivity contribution in [2.75, 3.05) is 31.5 Å². The van der Waals surface area contributed by atoms with Crippen LogP contribution in [0.4, 0.5) is 10.5 Å². The molecule has 0 saturated carbocycles. The number of ether oxygens (including phenoxy) is 2. The Balaban J connectivity index is 2.81. The molecular formula is C14H20N2O5S. The summed E-state index contributed by atoms with van der Waals surface area (Å²) in [5.41, 5.74) is 0.346. The lowest BCUT2D eigenvalue weighted by atomic mass is 10.2. The Morgan fingerprint density at radius 1 is 1.27 bits per heavy atom. The van der Waals surface area contributed by atoms with Crippen molar-refractivity contribution in [3.05, 3.63) is 18.2 Å². The molecule has 0 aliphatic rings. The Hall–Kier alpha value is -2.09. The molecule has 1 aromatic carbocycles. The third-order valence-electron chi connectivity index (χ3n) is 2.88. The lowest BCUT2D eigenvalue weighted by Gasteiger charge is -2.17. The molecule has 122 valence electrons. The first-order valence-electron chi connectivity index (χ1n) is 6.53. The van der Waals surface area contributed by atoms with Crippen LogP contribution in [0.15, 0.2) is 18.2 Å². The number of carbonyl (C=O) groups excluding carboxylic acids is 1. The molecule has 1 aromatic rings. The monoisotopic (exact) mass is 328 g/mol. The van der Waals surface area contributed by atoms with E-state index in [1.807, 2.05) is 6.26 Å². The number of thioether (sulfide) groups is 1. The zero-order chi connectivity index (χ0) is 16.5. The quantitative estimate of drug-likeness (QED) is 0.675. The van der Waals surface area contributed by atoms with Gasteiger partial charge in [-0.25, -0.2) is 9.59 Å². The maximum Gasteiger partial charge on any atom is 0.326 e.